The van der Waals surface area contributed by atoms with Crippen LogP contribution in [0.2, 0.25) is 0 Å². The minimum atomic E-state index is 0.775. The molecule has 3 unspecified atom stereocenters. The largest absolute Gasteiger partial charge is 0.313 e. The van der Waals surface area contributed by atoms with E-state index in [0.29, 0.717) is 0 Å². The smallest absolute Gasteiger partial charge is 0.00929 e. The second-order valence-electron chi connectivity index (χ2n) is 5.88. The van der Waals surface area contributed by atoms with Crippen molar-refractivity contribution in [2.24, 2.45) is 5.92 Å². The van der Waals surface area contributed by atoms with E-state index in [1.54, 1.807) is 11.1 Å². The van der Waals surface area contributed by atoms with Crippen molar-refractivity contribution in [3.63, 3.8) is 0 Å². The normalized spacial score (nSPS) is 31.7. The molecule has 1 aromatic carbocycles. The van der Waals surface area contributed by atoms with Crippen LogP contribution in [0.3, 0.4) is 0 Å². The van der Waals surface area contributed by atoms with E-state index in [1.807, 2.05) is 0 Å². The molecule has 0 spiro atoms. The SMILES string of the molecule is CC1CCCCC1NCC1Cc2ccccc21. The van der Waals surface area contributed by atoms with Gasteiger partial charge in [-0.3, -0.25) is 0 Å². The number of fused-ring (bicyclic) bond motifs is 1. The highest BCUT2D eigenvalue weighted by Crippen LogP contribution is 2.34. The Kier molecular flexibility index (Phi) is 3.19. The number of rotatable bonds is 3. The molecule has 3 atom stereocenters. The monoisotopic (exact) mass is 229 g/mol. The van der Waals surface area contributed by atoms with Gasteiger partial charge in [-0.25, -0.2) is 0 Å². The van der Waals surface area contributed by atoms with Gasteiger partial charge in [-0.15, -0.1) is 0 Å². The van der Waals surface area contributed by atoms with Crippen molar-refractivity contribution in [1.82, 2.24) is 5.32 Å². The zero-order chi connectivity index (χ0) is 11.7. The third-order valence-corrected chi connectivity index (χ3v) is 4.70. The van der Waals surface area contributed by atoms with Crippen LogP contribution in [0.4, 0.5) is 0 Å². The van der Waals surface area contributed by atoms with Crippen LogP contribution in [0.5, 0.6) is 0 Å². The van der Waals surface area contributed by atoms with E-state index in [2.05, 4.69) is 36.5 Å². The van der Waals surface area contributed by atoms with Crippen molar-refractivity contribution in [2.75, 3.05) is 6.54 Å². The number of benzene rings is 1. The average molecular weight is 229 g/mol. The summed E-state index contributed by atoms with van der Waals surface area (Å²) in [4.78, 5) is 0. The van der Waals surface area contributed by atoms with E-state index in [1.165, 1.54) is 38.6 Å². The summed E-state index contributed by atoms with van der Waals surface area (Å²) in [5, 5.41) is 3.81. The van der Waals surface area contributed by atoms with Gasteiger partial charge in [-0.1, -0.05) is 44.0 Å². The molecule has 1 heteroatoms. The van der Waals surface area contributed by atoms with Gasteiger partial charge in [0.1, 0.15) is 0 Å². The zero-order valence-corrected chi connectivity index (χ0v) is 10.8. The summed E-state index contributed by atoms with van der Waals surface area (Å²) in [7, 11) is 0. The van der Waals surface area contributed by atoms with Crippen LogP contribution >= 0.6 is 0 Å². The first-order valence-electron chi connectivity index (χ1n) is 7.16. The van der Waals surface area contributed by atoms with Crippen molar-refractivity contribution >= 4 is 0 Å². The molecular weight excluding hydrogens is 206 g/mol. The van der Waals surface area contributed by atoms with Gasteiger partial charge in [-0.05, 0) is 36.3 Å². The predicted molar refractivity (Wildman–Crippen MR) is 72.3 cm³/mol. The van der Waals surface area contributed by atoms with E-state index < -0.39 is 0 Å². The van der Waals surface area contributed by atoms with Crippen LogP contribution < -0.4 is 5.32 Å². The standard InChI is InChI=1S/C16H23N/c1-12-6-2-5-9-16(12)17-11-14-10-13-7-3-4-8-15(13)14/h3-4,7-8,12,14,16-17H,2,5-6,9-11H2,1H3. The van der Waals surface area contributed by atoms with Gasteiger partial charge >= 0.3 is 0 Å². The molecule has 0 aromatic heterocycles. The molecule has 0 amide bonds. The first kappa shape index (κ1) is 11.3. The van der Waals surface area contributed by atoms with Crippen molar-refractivity contribution in [1.29, 1.82) is 0 Å². The first-order valence-corrected chi connectivity index (χ1v) is 7.16. The Morgan fingerprint density at radius 3 is 2.82 bits per heavy atom. The fourth-order valence-corrected chi connectivity index (χ4v) is 3.46. The fraction of sp³-hybridized carbons (Fsp3) is 0.625. The molecule has 3 rings (SSSR count). The van der Waals surface area contributed by atoms with E-state index in [0.717, 1.165) is 17.9 Å². The highest BCUT2D eigenvalue weighted by Gasteiger charge is 2.27. The molecule has 0 aliphatic heterocycles. The van der Waals surface area contributed by atoms with E-state index in [4.69, 9.17) is 0 Å². The maximum atomic E-state index is 3.81. The lowest BCUT2D eigenvalue weighted by Crippen LogP contribution is -2.41. The van der Waals surface area contributed by atoms with Crippen molar-refractivity contribution < 1.29 is 0 Å². The summed E-state index contributed by atoms with van der Waals surface area (Å²) >= 11 is 0. The summed E-state index contributed by atoms with van der Waals surface area (Å²) in [5.74, 6) is 1.65. The van der Waals surface area contributed by atoms with E-state index in [9.17, 15) is 0 Å². The second-order valence-corrected chi connectivity index (χ2v) is 5.88. The molecular formula is C16H23N. The highest BCUT2D eigenvalue weighted by molar-refractivity contribution is 5.40. The van der Waals surface area contributed by atoms with Crippen LogP contribution in [0.15, 0.2) is 24.3 Å². The van der Waals surface area contributed by atoms with Crippen LogP contribution in [-0.4, -0.2) is 12.6 Å². The molecule has 2 aliphatic carbocycles. The maximum absolute atomic E-state index is 3.81. The lowest BCUT2D eigenvalue weighted by Gasteiger charge is -2.35. The Bertz CT molecular complexity index is 385. The summed E-state index contributed by atoms with van der Waals surface area (Å²) in [6.45, 7) is 3.59. The number of nitrogens with one attached hydrogen (secondary N) is 1. The molecule has 0 radical (unpaired) electrons. The van der Waals surface area contributed by atoms with Crippen LogP contribution in [0.25, 0.3) is 0 Å². The van der Waals surface area contributed by atoms with Gasteiger partial charge in [0.25, 0.3) is 0 Å². The zero-order valence-electron chi connectivity index (χ0n) is 10.8. The van der Waals surface area contributed by atoms with Crippen molar-refractivity contribution in [3.05, 3.63) is 35.4 Å². The Morgan fingerprint density at radius 1 is 1.18 bits per heavy atom. The van der Waals surface area contributed by atoms with Gasteiger partial charge < -0.3 is 5.32 Å². The Hall–Kier alpha value is -0.820. The highest BCUT2D eigenvalue weighted by atomic mass is 14.9. The van der Waals surface area contributed by atoms with Gasteiger partial charge in [0.15, 0.2) is 0 Å². The number of hydrogen-bond donors (Lipinski definition) is 1. The molecule has 0 bridgehead atoms. The van der Waals surface area contributed by atoms with Gasteiger partial charge in [0, 0.05) is 18.5 Å². The third kappa shape index (κ3) is 2.26. The fourth-order valence-electron chi connectivity index (χ4n) is 3.46. The van der Waals surface area contributed by atoms with Gasteiger partial charge in [0.05, 0.1) is 0 Å². The molecule has 0 heterocycles. The Morgan fingerprint density at radius 2 is 2.00 bits per heavy atom. The van der Waals surface area contributed by atoms with Crippen LogP contribution in [0, 0.1) is 5.92 Å². The maximum Gasteiger partial charge on any atom is 0.00929 e. The summed E-state index contributed by atoms with van der Waals surface area (Å²) in [6, 6.07) is 9.68. The Balaban J connectivity index is 1.53. The molecule has 1 saturated carbocycles. The summed E-state index contributed by atoms with van der Waals surface area (Å²) in [5.41, 5.74) is 3.15. The van der Waals surface area contributed by atoms with E-state index >= 15 is 0 Å². The van der Waals surface area contributed by atoms with E-state index in [-0.39, 0.29) is 0 Å². The molecule has 0 saturated heterocycles. The topological polar surface area (TPSA) is 12.0 Å². The minimum absolute atomic E-state index is 0.775. The molecule has 17 heavy (non-hydrogen) atoms. The molecule has 1 nitrogen and oxygen atoms in total. The van der Waals surface area contributed by atoms with Crippen molar-refractivity contribution in [2.45, 2.75) is 51.0 Å². The second kappa shape index (κ2) is 4.81. The minimum Gasteiger partial charge on any atom is -0.313 e. The van der Waals surface area contributed by atoms with Gasteiger partial charge in [0.2, 0.25) is 0 Å². The summed E-state index contributed by atoms with van der Waals surface area (Å²) in [6.07, 6.45) is 6.94. The van der Waals surface area contributed by atoms with Crippen LogP contribution in [-0.2, 0) is 6.42 Å². The quantitative estimate of drug-likeness (QED) is 0.836. The lowest BCUT2D eigenvalue weighted by atomic mass is 9.77. The third-order valence-electron chi connectivity index (χ3n) is 4.70. The predicted octanol–water partition coefficient (Wildman–Crippen LogP) is 3.49. The molecule has 2 aliphatic rings. The number of hydrogen-bond acceptors (Lipinski definition) is 1. The molecule has 1 fully saturated rings. The molecule has 1 N–H and O–H groups in total. The molecule has 1 aromatic rings. The van der Waals surface area contributed by atoms with Gasteiger partial charge in [-0.2, -0.15) is 0 Å². The van der Waals surface area contributed by atoms with Crippen LogP contribution in [0.1, 0.15) is 49.7 Å². The Labute approximate surface area is 105 Å². The molecule has 92 valence electrons. The first-order chi connectivity index (χ1) is 8.34. The average Bonchev–Trinajstić information content (AvgIpc) is 2.32. The summed E-state index contributed by atoms with van der Waals surface area (Å²) < 4.78 is 0. The van der Waals surface area contributed by atoms with Crippen molar-refractivity contribution in [3.8, 4) is 0 Å². The lowest BCUT2D eigenvalue weighted by molar-refractivity contribution is 0.274.